The number of hydrogen-bond acceptors (Lipinski definition) is 5. The van der Waals surface area contributed by atoms with Gasteiger partial charge in [0.2, 0.25) is 0 Å². The summed E-state index contributed by atoms with van der Waals surface area (Å²) in [6.45, 7) is 3.16. The molecule has 0 saturated carbocycles. The summed E-state index contributed by atoms with van der Waals surface area (Å²) >= 11 is 0. The Labute approximate surface area is 233 Å². The summed E-state index contributed by atoms with van der Waals surface area (Å²) in [5.41, 5.74) is 2.12. The highest BCUT2D eigenvalue weighted by Crippen LogP contribution is 2.32. The fourth-order valence-corrected chi connectivity index (χ4v) is 4.74. The Hall–Kier alpha value is -4.14. The van der Waals surface area contributed by atoms with E-state index in [0.717, 1.165) is 17.5 Å². The minimum Gasteiger partial charge on any atom is -0.493 e. The number of benzene rings is 3. The Kier molecular flexibility index (Phi) is 8.92. The summed E-state index contributed by atoms with van der Waals surface area (Å²) in [6.07, 6.45) is 1.06. The van der Waals surface area contributed by atoms with Crippen LogP contribution in [0, 0.1) is 0 Å². The van der Waals surface area contributed by atoms with Gasteiger partial charge in [-0.25, -0.2) is 4.79 Å². The number of likely N-dealkylation sites (tertiary alicyclic amines) is 1. The lowest BCUT2D eigenvalue weighted by atomic mass is 10.0. The molecule has 1 saturated heterocycles. The molecule has 212 valence electrons. The number of hydrogen-bond donors (Lipinski definition) is 0. The summed E-state index contributed by atoms with van der Waals surface area (Å²) in [7, 11) is 1.32. The molecule has 1 aliphatic rings. The number of methoxy groups -OCH3 is 1. The van der Waals surface area contributed by atoms with Gasteiger partial charge < -0.3 is 24.0 Å². The zero-order valence-corrected chi connectivity index (χ0v) is 23.1. The molecule has 4 rings (SSSR count). The molecule has 3 aromatic carbocycles. The zero-order chi connectivity index (χ0) is 28.9. The number of carbonyl (C=O) groups excluding carboxylic acids is 2. The lowest BCUT2D eigenvalue weighted by molar-refractivity contribution is -0.0512. The highest BCUT2D eigenvalue weighted by Gasteiger charge is 2.35. The molecule has 0 N–H and O–H groups in total. The average Bonchev–Trinajstić information content (AvgIpc) is 3.39. The lowest BCUT2D eigenvalue weighted by Crippen LogP contribution is -2.47. The smallest absolute Gasteiger partial charge is 0.410 e. The van der Waals surface area contributed by atoms with Crippen LogP contribution in [0.4, 0.5) is 19.3 Å². The second kappa shape index (κ2) is 12.4. The first kappa shape index (κ1) is 28.9. The van der Waals surface area contributed by atoms with E-state index >= 15 is 0 Å². The van der Waals surface area contributed by atoms with Gasteiger partial charge in [-0.3, -0.25) is 4.79 Å². The molecule has 1 heterocycles. The molecule has 0 aromatic heterocycles. The zero-order valence-electron chi connectivity index (χ0n) is 23.1. The van der Waals surface area contributed by atoms with Crippen molar-refractivity contribution in [3.63, 3.8) is 0 Å². The van der Waals surface area contributed by atoms with Crippen molar-refractivity contribution in [1.82, 2.24) is 4.90 Å². The van der Waals surface area contributed by atoms with E-state index in [1.165, 1.54) is 25.3 Å². The highest BCUT2D eigenvalue weighted by atomic mass is 19.3. The van der Waals surface area contributed by atoms with Gasteiger partial charge in [-0.15, -0.1) is 0 Å². The molecule has 2 amide bonds. The third-order valence-electron chi connectivity index (χ3n) is 6.54. The molecule has 1 aliphatic heterocycles. The Bertz CT molecular complexity index is 1330. The molecule has 0 radical (unpaired) electrons. The maximum absolute atomic E-state index is 14.0. The van der Waals surface area contributed by atoms with Crippen molar-refractivity contribution in [3.8, 4) is 22.6 Å². The van der Waals surface area contributed by atoms with Gasteiger partial charge in [0, 0.05) is 24.3 Å². The molecular weight excluding hydrogens is 518 g/mol. The number of halogens is 2. The van der Waals surface area contributed by atoms with Crippen molar-refractivity contribution < 1.29 is 32.6 Å². The first-order chi connectivity index (χ1) is 19.1. The summed E-state index contributed by atoms with van der Waals surface area (Å²) < 4.78 is 41.1. The third-order valence-corrected chi connectivity index (χ3v) is 6.54. The molecular formula is C31H34F2N2O5. The van der Waals surface area contributed by atoms with Crippen molar-refractivity contribution in [1.29, 1.82) is 0 Å². The molecule has 1 atom stereocenters. The summed E-state index contributed by atoms with van der Waals surface area (Å²) in [5, 5.41) is 0. The number of amides is 2. The van der Waals surface area contributed by atoms with Crippen LogP contribution in [0.1, 0.15) is 44.0 Å². The predicted octanol–water partition coefficient (Wildman–Crippen LogP) is 7.01. The first-order valence-electron chi connectivity index (χ1n) is 13.2. The highest BCUT2D eigenvalue weighted by molar-refractivity contribution is 6.07. The van der Waals surface area contributed by atoms with Crippen molar-refractivity contribution in [2.24, 2.45) is 0 Å². The van der Waals surface area contributed by atoms with Crippen LogP contribution in [0.3, 0.4) is 0 Å². The van der Waals surface area contributed by atoms with Gasteiger partial charge in [-0.1, -0.05) is 42.5 Å². The van der Waals surface area contributed by atoms with Gasteiger partial charge in [0.25, 0.3) is 5.91 Å². The summed E-state index contributed by atoms with van der Waals surface area (Å²) in [5.74, 6) is -0.526. The van der Waals surface area contributed by atoms with Crippen LogP contribution < -0.4 is 14.4 Å². The Morgan fingerprint density at radius 3 is 2.38 bits per heavy atom. The van der Waals surface area contributed by atoms with E-state index in [-0.39, 0.29) is 35.6 Å². The largest absolute Gasteiger partial charge is 0.493 e. The minimum absolute atomic E-state index is 0.0142. The first-order valence-corrected chi connectivity index (χ1v) is 13.2. The lowest BCUT2D eigenvalue weighted by Gasteiger charge is -2.32. The fourth-order valence-electron chi connectivity index (χ4n) is 4.74. The van der Waals surface area contributed by atoms with Crippen LogP contribution in [0.25, 0.3) is 11.1 Å². The van der Waals surface area contributed by atoms with Gasteiger partial charge in [0.05, 0.1) is 13.2 Å². The molecule has 9 heteroatoms. The maximum atomic E-state index is 14.0. The third kappa shape index (κ3) is 7.08. The molecule has 0 unspecified atom stereocenters. The number of anilines is 1. The van der Waals surface area contributed by atoms with Gasteiger partial charge >= 0.3 is 12.7 Å². The van der Waals surface area contributed by atoms with Gasteiger partial charge in [0.1, 0.15) is 5.60 Å². The Morgan fingerprint density at radius 1 is 0.975 bits per heavy atom. The van der Waals surface area contributed by atoms with E-state index < -0.39 is 18.3 Å². The molecule has 0 aliphatic carbocycles. The van der Waals surface area contributed by atoms with Gasteiger partial charge in [0.15, 0.2) is 11.5 Å². The van der Waals surface area contributed by atoms with E-state index in [4.69, 9.17) is 9.47 Å². The number of rotatable bonds is 8. The van der Waals surface area contributed by atoms with Gasteiger partial charge in [-0.2, -0.15) is 8.78 Å². The predicted molar refractivity (Wildman–Crippen MR) is 149 cm³/mol. The molecule has 0 bridgehead atoms. The monoisotopic (exact) mass is 552 g/mol. The van der Waals surface area contributed by atoms with E-state index in [0.29, 0.717) is 18.7 Å². The normalized spacial score (nSPS) is 15.2. The van der Waals surface area contributed by atoms with Crippen molar-refractivity contribution in [2.45, 2.75) is 51.9 Å². The average molecular weight is 553 g/mol. The topological polar surface area (TPSA) is 68.3 Å². The molecule has 3 aromatic rings. The summed E-state index contributed by atoms with van der Waals surface area (Å²) in [4.78, 5) is 30.3. The fraction of sp³-hybridized carbons (Fsp3) is 0.355. The molecule has 0 spiro atoms. The SMILES string of the molecule is COc1cc(C(=O)N(C[C@@H]2CCCN2C(=O)OC(C)(C)C)c2cccc(-c3ccccc3)c2)ccc1OC(F)F. The number of carbonyl (C=O) groups is 2. The van der Waals surface area contributed by atoms with Crippen molar-refractivity contribution >= 4 is 17.7 Å². The van der Waals surface area contributed by atoms with E-state index in [9.17, 15) is 18.4 Å². The van der Waals surface area contributed by atoms with E-state index in [1.54, 1.807) is 9.80 Å². The number of ether oxygens (including phenoxy) is 3. The quantitative estimate of drug-likeness (QED) is 0.301. The minimum atomic E-state index is -3.03. The van der Waals surface area contributed by atoms with Crippen LogP contribution in [-0.2, 0) is 4.74 Å². The van der Waals surface area contributed by atoms with Crippen molar-refractivity contribution in [3.05, 3.63) is 78.4 Å². The molecule has 1 fully saturated rings. The van der Waals surface area contributed by atoms with Gasteiger partial charge in [-0.05, 0) is 75.1 Å². The van der Waals surface area contributed by atoms with Crippen LogP contribution in [0.5, 0.6) is 11.5 Å². The molecule has 7 nitrogen and oxygen atoms in total. The molecule has 40 heavy (non-hydrogen) atoms. The second-order valence-corrected chi connectivity index (χ2v) is 10.5. The summed E-state index contributed by atoms with van der Waals surface area (Å²) in [6, 6.07) is 21.2. The van der Waals surface area contributed by atoms with Crippen molar-refractivity contribution in [2.75, 3.05) is 25.1 Å². The number of alkyl halides is 2. The number of nitrogens with zero attached hydrogens (tertiary/aromatic N) is 2. The maximum Gasteiger partial charge on any atom is 0.410 e. The van der Waals surface area contributed by atoms with E-state index in [1.807, 2.05) is 75.4 Å². The van der Waals surface area contributed by atoms with Crippen LogP contribution in [0.2, 0.25) is 0 Å². The Morgan fingerprint density at radius 2 is 1.70 bits per heavy atom. The Balaban J connectivity index is 1.70. The van der Waals surface area contributed by atoms with Crippen LogP contribution in [-0.4, -0.2) is 55.4 Å². The van der Waals surface area contributed by atoms with E-state index in [2.05, 4.69) is 4.74 Å². The van der Waals surface area contributed by atoms with Crippen LogP contribution in [0.15, 0.2) is 72.8 Å². The second-order valence-electron chi connectivity index (χ2n) is 10.5. The van der Waals surface area contributed by atoms with Crippen LogP contribution >= 0.6 is 0 Å². The standard InChI is InChI=1S/C31H34F2N2O5/c1-31(2,3)40-30(37)34-17-9-14-25(34)20-35(24-13-8-12-22(18-24)21-10-6-5-7-11-21)28(36)23-15-16-26(39-29(32)33)27(19-23)38-4/h5-8,10-13,15-16,18-19,25,29H,9,14,17,20H2,1-4H3/t25-/m0/s1.